The Morgan fingerprint density at radius 3 is 2.68 bits per heavy atom. The predicted molar refractivity (Wildman–Crippen MR) is 98.1 cm³/mol. The molecule has 4 aromatic rings. The van der Waals surface area contributed by atoms with Crippen LogP contribution in [-0.2, 0) is 13.7 Å². The third-order valence-electron chi connectivity index (χ3n) is 5.18. The minimum absolute atomic E-state index is 0.267. The van der Waals surface area contributed by atoms with E-state index < -0.39 is 0 Å². The molecule has 1 aromatic carbocycles. The molecule has 9 heteroatoms. The molecule has 0 spiro atoms. The number of benzene rings is 1. The van der Waals surface area contributed by atoms with Gasteiger partial charge in [0.1, 0.15) is 18.8 Å². The summed E-state index contributed by atoms with van der Waals surface area (Å²) in [5.41, 5.74) is 2.42. The van der Waals surface area contributed by atoms with E-state index in [2.05, 4.69) is 25.4 Å². The average molecular weight is 379 g/mol. The van der Waals surface area contributed by atoms with Crippen molar-refractivity contribution in [2.45, 2.75) is 31.8 Å². The van der Waals surface area contributed by atoms with Gasteiger partial charge in [-0.3, -0.25) is 4.68 Å². The van der Waals surface area contributed by atoms with Crippen molar-refractivity contribution in [1.29, 1.82) is 0 Å². The van der Waals surface area contributed by atoms with Gasteiger partial charge in [-0.15, -0.1) is 15.3 Å². The van der Waals surface area contributed by atoms with E-state index in [-0.39, 0.29) is 12.4 Å². The van der Waals surface area contributed by atoms with Gasteiger partial charge in [0.2, 0.25) is 5.88 Å². The Morgan fingerprint density at radius 2 is 2.00 bits per heavy atom. The Kier molecular flexibility index (Phi) is 4.00. The second kappa shape index (κ2) is 6.66. The van der Waals surface area contributed by atoms with Gasteiger partial charge < -0.3 is 4.74 Å². The van der Waals surface area contributed by atoms with Gasteiger partial charge in [-0.05, 0) is 49.1 Å². The molecule has 0 amide bonds. The van der Waals surface area contributed by atoms with Gasteiger partial charge in [0, 0.05) is 18.2 Å². The highest BCUT2D eigenvalue weighted by molar-refractivity contribution is 5.59. The Balaban J connectivity index is 1.56. The van der Waals surface area contributed by atoms with Crippen LogP contribution in [0.1, 0.15) is 36.6 Å². The molecule has 1 saturated carbocycles. The number of rotatable bonds is 5. The standard InChI is InChI=1S/C19H18FN7O/c1-26-17(21-11-22-26)10-28-19-15(12-3-2-4-12)9-16-23-24-18(27(16)25-19)13-5-7-14(20)8-6-13/h5-9,11-12H,2-4,10H2,1H3. The van der Waals surface area contributed by atoms with Crippen molar-refractivity contribution >= 4 is 5.65 Å². The highest BCUT2D eigenvalue weighted by Gasteiger charge is 2.26. The summed E-state index contributed by atoms with van der Waals surface area (Å²) in [5.74, 6) is 1.91. The summed E-state index contributed by atoms with van der Waals surface area (Å²) >= 11 is 0. The summed E-state index contributed by atoms with van der Waals surface area (Å²) in [7, 11) is 1.82. The molecular weight excluding hydrogens is 361 g/mol. The van der Waals surface area contributed by atoms with E-state index in [4.69, 9.17) is 4.74 Å². The fourth-order valence-corrected chi connectivity index (χ4v) is 3.32. The first-order valence-electron chi connectivity index (χ1n) is 9.17. The molecule has 1 fully saturated rings. The van der Waals surface area contributed by atoms with E-state index in [1.54, 1.807) is 21.3 Å². The quantitative estimate of drug-likeness (QED) is 0.530. The third kappa shape index (κ3) is 2.88. The highest BCUT2D eigenvalue weighted by Crippen LogP contribution is 2.40. The fourth-order valence-electron chi connectivity index (χ4n) is 3.32. The van der Waals surface area contributed by atoms with Crippen molar-refractivity contribution < 1.29 is 9.13 Å². The van der Waals surface area contributed by atoms with Crippen LogP contribution in [0.25, 0.3) is 17.0 Å². The number of hydrogen-bond donors (Lipinski definition) is 0. The monoisotopic (exact) mass is 379 g/mol. The lowest BCUT2D eigenvalue weighted by molar-refractivity contribution is 0.264. The maximum atomic E-state index is 13.3. The second-order valence-electron chi connectivity index (χ2n) is 6.92. The predicted octanol–water partition coefficient (Wildman–Crippen LogP) is 2.91. The first-order chi connectivity index (χ1) is 13.7. The van der Waals surface area contributed by atoms with Crippen molar-refractivity contribution in [3.63, 3.8) is 0 Å². The molecule has 5 rings (SSSR count). The number of fused-ring (bicyclic) bond motifs is 1. The average Bonchev–Trinajstić information content (AvgIpc) is 3.25. The van der Waals surface area contributed by atoms with E-state index in [1.807, 2.05) is 13.1 Å². The molecule has 1 aliphatic carbocycles. The summed E-state index contributed by atoms with van der Waals surface area (Å²) in [6.07, 6.45) is 4.91. The Morgan fingerprint density at radius 1 is 1.18 bits per heavy atom. The summed E-state index contributed by atoms with van der Waals surface area (Å²) in [5, 5.41) is 17.3. The van der Waals surface area contributed by atoms with Crippen LogP contribution in [0, 0.1) is 5.82 Å². The van der Waals surface area contributed by atoms with Crippen molar-refractivity contribution in [2.75, 3.05) is 0 Å². The molecule has 28 heavy (non-hydrogen) atoms. The molecule has 142 valence electrons. The summed E-state index contributed by atoms with van der Waals surface area (Å²) in [6, 6.07) is 8.10. The lowest BCUT2D eigenvalue weighted by Crippen LogP contribution is -2.14. The van der Waals surface area contributed by atoms with Crippen LogP contribution in [0.15, 0.2) is 36.7 Å². The zero-order chi connectivity index (χ0) is 19.1. The lowest BCUT2D eigenvalue weighted by Gasteiger charge is -2.26. The minimum Gasteiger partial charge on any atom is -0.468 e. The van der Waals surface area contributed by atoms with Crippen molar-refractivity contribution in [1.82, 2.24) is 34.6 Å². The van der Waals surface area contributed by atoms with Crippen molar-refractivity contribution in [3.05, 3.63) is 53.9 Å². The number of ether oxygens (including phenoxy) is 1. The van der Waals surface area contributed by atoms with Crippen LogP contribution < -0.4 is 4.74 Å². The van der Waals surface area contributed by atoms with Crippen LogP contribution in [0.2, 0.25) is 0 Å². The van der Waals surface area contributed by atoms with Crippen LogP contribution in [-0.4, -0.2) is 34.6 Å². The van der Waals surface area contributed by atoms with Gasteiger partial charge in [0.25, 0.3) is 0 Å². The third-order valence-corrected chi connectivity index (χ3v) is 5.18. The molecule has 3 aromatic heterocycles. The van der Waals surface area contributed by atoms with Gasteiger partial charge in [-0.1, -0.05) is 6.42 Å². The first kappa shape index (κ1) is 16.8. The number of hydrogen-bond acceptors (Lipinski definition) is 6. The maximum Gasteiger partial charge on any atom is 0.235 e. The Bertz CT molecular complexity index is 1130. The molecule has 0 N–H and O–H groups in total. The number of aromatic nitrogens is 7. The topological polar surface area (TPSA) is 83.0 Å². The smallest absolute Gasteiger partial charge is 0.235 e. The molecular formula is C19H18FN7O. The van der Waals surface area contributed by atoms with Gasteiger partial charge in [-0.2, -0.15) is 9.61 Å². The van der Waals surface area contributed by atoms with Crippen molar-refractivity contribution in [3.8, 4) is 17.3 Å². The van der Waals surface area contributed by atoms with E-state index >= 15 is 0 Å². The molecule has 0 atom stereocenters. The van der Waals surface area contributed by atoms with Gasteiger partial charge in [0.05, 0.1) is 0 Å². The minimum atomic E-state index is -0.300. The number of halogens is 1. The van der Waals surface area contributed by atoms with Crippen LogP contribution in [0.4, 0.5) is 4.39 Å². The van der Waals surface area contributed by atoms with E-state index in [9.17, 15) is 4.39 Å². The number of aryl methyl sites for hydroxylation is 1. The van der Waals surface area contributed by atoms with Gasteiger partial charge in [0.15, 0.2) is 17.3 Å². The molecule has 0 aliphatic heterocycles. The van der Waals surface area contributed by atoms with Crippen LogP contribution in [0.5, 0.6) is 5.88 Å². The van der Waals surface area contributed by atoms with Gasteiger partial charge >= 0.3 is 0 Å². The molecule has 0 radical (unpaired) electrons. The second-order valence-corrected chi connectivity index (χ2v) is 6.92. The highest BCUT2D eigenvalue weighted by atomic mass is 19.1. The van der Waals surface area contributed by atoms with Crippen LogP contribution in [0.3, 0.4) is 0 Å². The number of nitrogens with zero attached hydrogens (tertiary/aromatic N) is 7. The van der Waals surface area contributed by atoms with E-state index in [1.165, 1.54) is 24.9 Å². The van der Waals surface area contributed by atoms with Crippen LogP contribution >= 0.6 is 0 Å². The fraction of sp³-hybridized carbons (Fsp3) is 0.316. The first-order valence-corrected chi connectivity index (χ1v) is 9.17. The molecule has 0 saturated heterocycles. The van der Waals surface area contributed by atoms with Gasteiger partial charge in [-0.25, -0.2) is 9.37 Å². The Labute approximate surface area is 160 Å². The zero-order valence-corrected chi connectivity index (χ0v) is 15.3. The van der Waals surface area contributed by atoms with Crippen molar-refractivity contribution in [2.24, 2.45) is 7.05 Å². The molecule has 0 unspecified atom stereocenters. The molecule has 1 aliphatic rings. The Hall–Kier alpha value is -3.36. The summed E-state index contributed by atoms with van der Waals surface area (Å²) in [6.45, 7) is 0.267. The molecule has 8 nitrogen and oxygen atoms in total. The largest absolute Gasteiger partial charge is 0.468 e. The molecule has 0 bridgehead atoms. The zero-order valence-electron chi connectivity index (χ0n) is 15.3. The SMILES string of the molecule is Cn1ncnc1COc1nn2c(-c3ccc(F)cc3)nnc2cc1C1CCC1. The van der Waals surface area contributed by atoms with E-state index in [0.29, 0.717) is 29.1 Å². The maximum absolute atomic E-state index is 13.3. The van der Waals surface area contributed by atoms with E-state index in [0.717, 1.165) is 24.0 Å². The normalized spacial score (nSPS) is 14.4. The summed E-state index contributed by atoms with van der Waals surface area (Å²) in [4.78, 5) is 4.20. The molecule has 3 heterocycles. The summed E-state index contributed by atoms with van der Waals surface area (Å²) < 4.78 is 22.6. The lowest BCUT2D eigenvalue weighted by atomic mass is 9.80.